The predicted molar refractivity (Wildman–Crippen MR) is 128 cm³/mol. The fourth-order valence-electron chi connectivity index (χ4n) is 3.84. The summed E-state index contributed by atoms with van der Waals surface area (Å²) in [6.45, 7) is 1.97. The zero-order chi connectivity index (χ0) is 24.6. The Morgan fingerprint density at radius 1 is 1.00 bits per heavy atom. The van der Waals surface area contributed by atoms with Gasteiger partial charge in [0.15, 0.2) is 5.82 Å². The predicted octanol–water partition coefficient (Wildman–Crippen LogP) is 5.67. The molecule has 4 aromatic rings. The molecular formula is C25H20F3N5OS. The number of fused-ring (bicyclic) bond motifs is 1. The van der Waals surface area contributed by atoms with Crippen molar-refractivity contribution in [2.75, 3.05) is 10.7 Å². The minimum Gasteiger partial charge on any atom is -0.325 e. The SMILES string of the molecule is Cc1ccc([C@H]2Nn3c(nnc3-c3ccccc3)S[C@H]2C(=O)Nc2cccc(C(F)(F)F)c2)cc1. The van der Waals surface area contributed by atoms with Gasteiger partial charge in [0.05, 0.1) is 11.6 Å². The van der Waals surface area contributed by atoms with Gasteiger partial charge in [-0.1, -0.05) is 78.0 Å². The van der Waals surface area contributed by atoms with Crippen LogP contribution in [0.3, 0.4) is 0 Å². The van der Waals surface area contributed by atoms with E-state index in [9.17, 15) is 18.0 Å². The summed E-state index contributed by atoms with van der Waals surface area (Å²) in [5.41, 5.74) is 5.38. The van der Waals surface area contributed by atoms with Gasteiger partial charge in [-0.25, -0.2) is 4.68 Å². The highest BCUT2D eigenvalue weighted by Crippen LogP contribution is 2.39. The van der Waals surface area contributed by atoms with Crippen LogP contribution in [-0.2, 0) is 11.0 Å². The Morgan fingerprint density at radius 2 is 1.74 bits per heavy atom. The lowest BCUT2D eigenvalue weighted by atomic mass is 10.0. The number of alkyl halides is 3. The van der Waals surface area contributed by atoms with E-state index >= 15 is 0 Å². The fraction of sp³-hybridized carbons (Fsp3) is 0.160. The summed E-state index contributed by atoms with van der Waals surface area (Å²) in [5, 5.41) is 11.0. The number of aromatic nitrogens is 3. The Kier molecular flexibility index (Phi) is 5.98. The van der Waals surface area contributed by atoms with Crippen molar-refractivity contribution in [1.29, 1.82) is 0 Å². The normalized spacial score (nSPS) is 17.4. The summed E-state index contributed by atoms with van der Waals surface area (Å²) in [5.74, 6) is 0.157. The van der Waals surface area contributed by atoms with Gasteiger partial charge < -0.3 is 10.7 Å². The average molecular weight is 496 g/mol. The van der Waals surface area contributed by atoms with Crippen LogP contribution in [0.25, 0.3) is 11.4 Å². The summed E-state index contributed by atoms with van der Waals surface area (Å²) < 4.78 is 41.2. The Balaban J connectivity index is 1.49. The molecule has 1 amide bonds. The molecule has 6 nitrogen and oxygen atoms in total. The van der Waals surface area contributed by atoms with E-state index in [4.69, 9.17) is 0 Å². The van der Waals surface area contributed by atoms with Gasteiger partial charge in [0, 0.05) is 11.3 Å². The molecule has 2 N–H and O–H groups in total. The van der Waals surface area contributed by atoms with Gasteiger partial charge in [-0.2, -0.15) is 13.2 Å². The highest BCUT2D eigenvalue weighted by Gasteiger charge is 2.38. The molecule has 0 aliphatic carbocycles. The second-order valence-electron chi connectivity index (χ2n) is 8.13. The molecule has 0 radical (unpaired) electrons. The van der Waals surface area contributed by atoms with Crippen molar-refractivity contribution in [3.8, 4) is 11.4 Å². The first-order valence-electron chi connectivity index (χ1n) is 10.8. The van der Waals surface area contributed by atoms with Gasteiger partial charge >= 0.3 is 6.18 Å². The van der Waals surface area contributed by atoms with Crippen LogP contribution in [0.4, 0.5) is 18.9 Å². The van der Waals surface area contributed by atoms with Gasteiger partial charge in [-0.15, -0.1) is 10.2 Å². The second kappa shape index (κ2) is 9.10. The Hall–Kier alpha value is -3.79. The van der Waals surface area contributed by atoms with E-state index < -0.39 is 28.9 Å². The zero-order valence-corrected chi connectivity index (χ0v) is 19.3. The number of carbonyl (C=O) groups is 1. The Bertz CT molecular complexity index is 1360. The van der Waals surface area contributed by atoms with Crippen LogP contribution in [-0.4, -0.2) is 26.0 Å². The average Bonchev–Trinajstić information content (AvgIpc) is 3.27. The summed E-state index contributed by atoms with van der Waals surface area (Å²) in [7, 11) is 0. The maximum atomic E-state index is 13.4. The van der Waals surface area contributed by atoms with Crippen molar-refractivity contribution in [3.63, 3.8) is 0 Å². The summed E-state index contributed by atoms with van der Waals surface area (Å²) >= 11 is 1.21. The second-order valence-corrected chi connectivity index (χ2v) is 9.24. The molecule has 0 spiro atoms. The van der Waals surface area contributed by atoms with Crippen molar-refractivity contribution in [1.82, 2.24) is 14.9 Å². The molecular weight excluding hydrogens is 475 g/mol. The summed E-state index contributed by atoms with van der Waals surface area (Å²) in [6, 6.07) is 21.4. The standard InChI is InChI=1S/C25H20F3N5OS/c1-15-10-12-16(13-11-15)20-21(23(34)29-19-9-5-8-18(14-19)25(26,27)28)35-24-31-30-22(33(24)32-20)17-6-3-2-4-7-17/h2-14,20-21,32H,1H3,(H,29,34)/t20-,21-/m1/s1. The van der Waals surface area contributed by atoms with Crippen molar-refractivity contribution >= 4 is 23.4 Å². The largest absolute Gasteiger partial charge is 0.416 e. The molecule has 0 bridgehead atoms. The van der Waals surface area contributed by atoms with Gasteiger partial charge in [0.25, 0.3) is 0 Å². The number of amides is 1. The van der Waals surface area contributed by atoms with Gasteiger partial charge in [-0.05, 0) is 30.7 Å². The number of nitrogens with one attached hydrogen (secondary N) is 2. The number of hydrogen-bond acceptors (Lipinski definition) is 5. The van der Waals surface area contributed by atoms with Crippen LogP contribution in [0.2, 0.25) is 0 Å². The number of anilines is 1. The Labute approximate surface area is 203 Å². The van der Waals surface area contributed by atoms with Crippen LogP contribution in [0.5, 0.6) is 0 Å². The van der Waals surface area contributed by atoms with E-state index in [1.165, 1.54) is 23.9 Å². The van der Waals surface area contributed by atoms with E-state index in [0.717, 1.165) is 28.8 Å². The van der Waals surface area contributed by atoms with Gasteiger partial charge in [-0.3, -0.25) is 4.79 Å². The topological polar surface area (TPSA) is 71.8 Å². The number of carbonyl (C=O) groups excluding carboxylic acids is 1. The van der Waals surface area contributed by atoms with Crippen molar-refractivity contribution in [2.45, 2.75) is 29.5 Å². The zero-order valence-electron chi connectivity index (χ0n) is 18.5. The van der Waals surface area contributed by atoms with Crippen molar-refractivity contribution in [2.24, 2.45) is 0 Å². The highest BCUT2D eigenvalue weighted by atomic mass is 32.2. The lowest BCUT2D eigenvalue weighted by molar-refractivity contribution is -0.137. The molecule has 2 atom stereocenters. The lowest BCUT2D eigenvalue weighted by Gasteiger charge is -2.33. The molecule has 2 heterocycles. The summed E-state index contributed by atoms with van der Waals surface area (Å²) in [4.78, 5) is 13.4. The molecule has 0 fully saturated rings. The summed E-state index contributed by atoms with van der Waals surface area (Å²) in [6.07, 6.45) is -4.50. The van der Waals surface area contributed by atoms with Crippen molar-refractivity contribution in [3.05, 3.63) is 95.6 Å². The van der Waals surface area contributed by atoms with E-state index in [1.54, 1.807) is 4.68 Å². The number of aryl methyl sites for hydroxylation is 1. The first-order valence-corrected chi connectivity index (χ1v) is 11.7. The minimum absolute atomic E-state index is 0.0742. The minimum atomic E-state index is -4.50. The number of benzene rings is 3. The lowest BCUT2D eigenvalue weighted by Crippen LogP contribution is -2.41. The number of halogens is 3. The molecule has 0 saturated carbocycles. The molecule has 0 unspecified atom stereocenters. The van der Waals surface area contributed by atoms with Crippen LogP contribution in [0, 0.1) is 6.92 Å². The van der Waals surface area contributed by atoms with Crippen LogP contribution >= 0.6 is 11.8 Å². The number of hydrogen-bond donors (Lipinski definition) is 2. The van der Waals surface area contributed by atoms with E-state index in [1.807, 2.05) is 61.5 Å². The van der Waals surface area contributed by atoms with Crippen LogP contribution in [0.1, 0.15) is 22.7 Å². The third kappa shape index (κ3) is 4.74. The molecule has 0 saturated heterocycles. The van der Waals surface area contributed by atoms with Crippen LogP contribution < -0.4 is 10.7 Å². The highest BCUT2D eigenvalue weighted by molar-refractivity contribution is 8.00. The monoisotopic (exact) mass is 495 g/mol. The number of rotatable bonds is 4. The van der Waals surface area contributed by atoms with Crippen molar-refractivity contribution < 1.29 is 18.0 Å². The number of nitrogens with zero attached hydrogens (tertiary/aromatic N) is 3. The molecule has 3 aromatic carbocycles. The molecule has 35 heavy (non-hydrogen) atoms. The maximum Gasteiger partial charge on any atom is 0.416 e. The van der Waals surface area contributed by atoms with Gasteiger partial charge in [0.2, 0.25) is 11.1 Å². The smallest absolute Gasteiger partial charge is 0.325 e. The fourth-order valence-corrected chi connectivity index (χ4v) is 4.92. The number of thioether (sulfide) groups is 1. The van der Waals surface area contributed by atoms with E-state index in [-0.39, 0.29) is 5.69 Å². The first-order chi connectivity index (χ1) is 16.8. The maximum absolute atomic E-state index is 13.4. The molecule has 10 heteroatoms. The van der Waals surface area contributed by atoms with Gasteiger partial charge in [0.1, 0.15) is 5.25 Å². The van der Waals surface area contributed by atoms with E-state index in [2.05, 4.69) is 20.9 Å². The molecule has 1 aliphatic rings. The van der Waals surface area contributed by atoms with Crippen LogP contribution in [0.15, 0.2) is 84.0 Å². The third-order valence-corrected chi connectivity index (χ3v) is 6.84. The van der Waals surface area contributed by atoms with E-state index in [0.29, 0.717) is 11.0 Å². The molecule has 1 aliphatic heterocycles. The quantitative estimate of drug-likeness (QED) is 0.382. The molecule has 5 rings (SSSR count). The molecule has 178 valence electrons. The Morgan fingerprint density at radius 3 is 2.46 bits per heavy atom. The molecule has 1 aromatic heterocycles. The first kappa shape index (κ1) is 23.0. The third-order valence-electron chi connectivity index (χ3n) is 5.62.